The third kappa shape index (κ3) is 6.25. The van der Waals surface area contributed by atoms with Crippen LogP contribution < -0.4 is 10.1 Å². The lowest BCUT2D eigenvalue weighted by molar-refractivity contribution is -0.134. The van der Waals surface area contributed by atoms with Gasteiger partial charge in [-0.3, -0.25) is 9.69 Å². The lowest BCUT2D eigenvalue weighted by atomic mass is 9.93. The molecule has 1 N–H and O–H groups in total. The molecule has 0 aliphatic carbocycles. The van der Waals surface area contributed by atoms with Gasteiger partial charge in [-0.25, -0.2) is 9.18 Å². The number of anilines is 1. The second-order valence-corrected chi connectivity index (χ2v) is 11.1. The van der Waals surface area contributed by atoms with E-state index in [4.69, 9.17) is 4.74 Å². The number of nitrogens with one attached hydrogen (secondary N) is 1. The average Bonchev–Trinajstić information content (AvgIpc) is 3.41. The molecule has 2 atom stereocenters. The Morgan fingerprint density at radius 2 is 1.92 bits per heavy atom. The molecule has 206 valence electrons. The molecule has 7 nitrogen and oxygen atoms in total. The van der Waals surface area contributed by atoms with E-state index in [1.54, 1.807) is 28.4 Å². The van der Waals surface area contributed by atoms with Gasteiger partial charge in [-0.05, 0) is 79.2 Å². The van der Waals surface area contributed by atoms with E-state index in [0.717, 1.165) is 24.3 Å². The number of urea groups is 1. The standard InChI is InChI=1S/C30H35FN4O3S/c1-3-38-25-9-7-24(8-10-25)32-30(37)35-17-16-34(20-21(35)2)28(36)12-15-33-14-11-27-26(13-18-39-27)29(33)22-5-4-6-23(31)19-22/h4-10,13,18-19,21,29H,3,11-12,14-17,20H2,1-2H3,(H,32,37)/t21-,29+/m1/s1. The summed E-state index contributed by atoms with van der Waals surface area (Å²) in [4.78, 5) is 33.4. The molecule has 39 heavy (non-hydrogen) atoms. The van der Waals surface area contributed by atoms with Gasteiger partial charge in [0.05, 0.1) is 12.6 Å². The van der Waals surface area contributed by atoms with Crippen LogP contribution in [0.4, 0.5) is 14.9 Å². The second kappa shape index (κ2) is 12.2. The molecular formula is C30H35FN4O3S. The fourth-order valence-electron chi connectivity index (χ4n) is 5.56. The van der Waals surface area contributed by atoms with Crippen LogP contribution in [0.15, 0.2) is 60.0 Å². The molecule has 0 unspecified atom stereocenters. The molecule has 2 aromatic carbocycles. The van der Waals surface area contributed by atoms with Crippen LogP contribution in [0.25, 0.3) is 0 Å². The van der Waals surface area contributed by atoms with E-state index in [1.807, 2.05) is 49.1 Å². The second-order valence-electron chi connectivity index (χ2n) is 10.1. The van der Waals surface area contributed by atoms with Gasteiger partial charge in [0, 0.05) is 55.8 Å². The van der Waals surface area contributed by atoms with Crippen molar-refractivity contribution in [1.29, 1.82) is 0 Å². The normalized spacial score (nSPS) is 19.5. The zero-order valence-corrected chi connectivity index (χ0v) is 23.3. The molecule has 1 fully saturated rings. The maximum absolute atomic E-state index is 14.1. The Kier molecular flexibility index (Phi) is 8.47. The van der Waals surface area contributed by atoms with Crippen molar-refractivity contribution < 1.29 is 18.7 Å². The van der Waals surface area contributed by atoms with E-state index in [0.29, 0.717) is 44.9 Å². The Labute approximate surface area is 233 Å². The molecule has 9 heteroatoms. The van der Waals surface area contributed by atoms with Crippen molar-refractivity contribution >= 4 is 29.0 Å². The summed E-state index contributed by atoms with van der Waals surface area (Å²) in [7, 11) is 0. The Hall–Kier alpha value is -3.43. The van der Waals surface area contributed by atoms with Gasteiger partial charge in [-0.15, -0.1) is 11.3 Å². The van der Waals surface area contributed by atoms with Crippen LogP contribution in [-0.4, -0.2) is 72.0 Å². The van der Waals surface area contributed by atoms with Crippen molar-refractivity contribution in [1.82, 2.24) is 14.7 Å². The highest BCUT2D eigenvalue weighted by atomic mass is 32.1. The number of hydrogen-bond donors (Lipinski definition) is 1. The van der Waals surface area contributed by atoms with Crippen LogP contribution >= 0.6 is 11.3 Å². The van der Waals surface area contributed by atoms with Crippen molar-refractivity contribution in [2.75, 3.05) is 44.6 Å². The molecule has 0 radical (unpaired) electrons. The zero-order valence-electron chi connectivity index (χ0n) is 22.4. The molecule has 1 saturated heterocycles. The van der Waals surface area contributed by atoms with Gasteiger partial charge in [0.25, 0.3) is 0 Å². The Morgan fingerprint density at radius 3 is 2.67 bits per heavy atom. The van der Waals surface area contributed by atoms with Gasteiger partial charge in [-0.1, -0.05) is 12.1 Å². The number of carbonyl (C=O) groups excluding carboxylic acids is 2. The maximum Gasteiger partial charge on any atom is 0.322 e. The van der Waals surface area contributed by atoms with Crippen molar-refractivity contribution in [3.63, 3.8) is 0 Å². The molecule has 2 aliphatic heterocycles. The fourth-order valence-corrected chi connectivity index (χ4v) is 6.46. The average molecular weight is 551 g/mol. The van der Waals surface area contributed by atoms with Crippen LogP contribution in [0.3, 0.4) is 0 Å². The predicted molar refractivity (Wildman–Crippen MR) is 152 cm³/mol. The third-order valence-corrected chi connectivity index (χ3v) is 8.50. The quantitative estimate of drug-likeness (QED) is 0.429. The highest BCUT2D eigenvalue weighted by molar-refractivity contribution is 7.10. The Morgan fingerprint density at radius 1 is 1.10 bits per heavy atom. The molecule has 1 aromatic heterocycles. The number of amides is 3. The van der Waals surface area contributed by atoms with Gasteiger partial charge in [0.2, 0.25) is 5.91 Å². The SMILES string of the molecule is CCOc1ccc(NC(=O)N2CCN(C(=O)CCN3CCc4sccc4[C@@H]3c3cccc(F)c3)C[C@H]2C)cc1. The molecule has 0 bridgehead atoms. The van der Waals surface area contributed by atoms with Crippen LogP contribution in [0.5, 0.6) is 5.75 Å². The Balaban J connectivity index is 1.16. The van der Waals surface area contributed by atoms with Crippen molar-refractivity contribution in [2.24, 2.45) is 0 Å². The monoisotopic (exact) mass is 550 g/mol. The van der Waals surface area contributed by atoms with Crippen LogP contribution in [-0.2, 0) is 11.2 Å². The number of piperazine rings is 1. The minimum Gasteiger partial charge on any atom is -0.494 e. The van der Waals surface area contributed by atoms with Gasteiger partial charge >= 0.3 is 6.03 Å². The maximum atomic E-state index is 14.1. The third-order valence-electron chi connectivity index (χ3n) is 7.50. The van der Waals surface area contributed by atoms with Crippen molar-refractivity contribution in [2.45, 2.75) is 38.8 Å². The number of hydrogen-bond acceptors (Lipinski definition) is 5. The number of nitrogens with zero attached hydrogens (tertiary/aromatic N) is 3. The number of halogens is 1. The molecular weight excluding hydrogens is 515 g/mol. The van der Waals surface area contributed by atoms with Gasteiger partial charge in [0.15, 0.2) is 0 Å². The number of rotatable bonds is 7. The summed E-state index contributed by atoms with van der Waals surface area (Å²) < 4.78 is 19.5. The molecule has 0 spiro atoms. The smallest absolute Gasteiger partial charge is 0.322 e. The van der Waals surface area contributed by atoms with Crippen LogP contribution in [0.1, 0.15) is 42.3 Å². The fraction of sp³-hybridized carbons (Fsp3) is 0.400. The topological polar surface area (TPSA) is 65.1 Å². The number of carbonyl (C=O) groups is 2. The van der Waals surface area contributed by atoms with E-state index in [1.165, 1.54) is 16.5 Å². The number of fused-ring (bicyclic) bond motifs is 1. The molecule has 3 heterocycles. The lowest BCUT2D eigenvalue weighted by Gasteiger charge is -2.40. The summed E-state index contributed by atoms with van der Waals surface area (Å²) in [6.07, 6.45) is 1.32. The minimum absolute atomic E-state index is 0.0504. The summed E-state index contributed by atoms with van der Waals surface area (Å²) in [6.45, 7) is 7.40. The highest BCUT2D eigenvalue weighted by Gasteiger charge is 2.32. The zero-order chi connectivity index (χ0) is 27.4. The van der Waals surface area contributed by atoms with E-state index in [9.17, 15) is 14.0 Å². The first-order valence-corrected chi connectivity index (χ1v) is 14.4. The first-order valence-electron chi connectivity index (χ1n) is 13.6. The van der Waals surface area contributed by atoms with E-state index < -0.39 is 0 Å². The lowest BCUT2D eigenvalue weighted by Crippen LogP contribution is -2.56. The van der Waals surface area contributed by atoms with E-state index in [2.05, 4.69) is 21.7 Å². The summed E-state index contributed by atoms with van der Waals surface area (Å²) in [5.74, 6) is 0.602. The number of benzene rings is 2. The number of ether oxygens (including phenoxy) is 1. The molecule has 0 saturated carbocycles. The van der Waals surface area contributed by atoms with Crippen LogP contribution in [0, 0.1) is 5.82 Å². The predicted octanol–water partition coefficient (Wildman–Crippen LogP) is 5.39. The molecule has 3 aromatic rings. The highest BCUT2D eigenvalue weighted by Crippen LogP contribution is 2.38. The van der Waals surface area contributed by atoms with E-state index >= 15 is 0 Å². The molecule has 5 rings (SSSR count). The Bertz CT molecular complexity index is 1300. The van der Waals surface area contributed by atoms with Crippen molar-refractivity contribution in [3.8, 4) is 5.75 Å². The molecule has 3 amide bonds. The number of thiophene rings is 1. The van der Waals surface area contributed by atoms with Gasteiger partial charge < -0.3 is 19.9 Å². The summed E-state index contributed by atoms with van der Waals surface area (Å²) >= 11 is 1.74. The summed E-state index contributed by atoms with van der Waals surface area (Å²) in [5.41, 5.74) is 2.84. The van der Waals surface area contributed by atoms with Crippen molar-refractivity contribution in [3.05, 3.63) is 81.8 Å². The largest absolute Gasteiger partial charge is 0.494 e. The van der Waals surface area contributed by atoms with Crippen LogP contribution in [0.2, 0.25) is 0 Å². The minimum atomic E-state index is -0.246. The first kappa shape index (κ1) is 27.1. The molecule has 2 aliphatic rings. The summed E-state index contributed by atoms with van der Waals surface area (Å²) in [5, 5.41) is 5.05. The van der Waals surface area contributed by atoms with E-state index in [-0.39, 0.29) is 29.8 Å². The van der Waals surface area contributed by atoms with Gasteiger partial charge in [0.1, 0.15) is 11.6 Å². The summed E-state index contributed by atoms with van der Waals surface area (Å²) in [6, 6.07) is 15.9. The first-order chi connectivity index (χ1) is 18.9. The van der Waals surface area contributed by atoms with Gasteiger partial charge in [-0.2, -0.15) is 0 Å².